The van der Waals surface area contributed by atoms with Crippen LogP contribution in [0.3, 0.4) is 0 Å². The summed E-state index contributed by atoms with van der Waals surface area (Å²) >= 11 is 0. The van der Waals surface area contributed by atoms with Gasteiger partial charge in [-0.05, 0) is 24.6 Å². The summed E-state index contributed by atoms with van der Waals surface area (Å²) in [6.45, 7) is 2.86. The Morgan fingerprint density at radius 1 is 1.04 bits per heavy atom. The molecule has 23 heavy (non-hydrogen) atoms. The molecule has 0 bridgehead atoms. The van der Waals surface area contributed by atoms with Gasteiger partial charge in [0.15, 0.2) is 5.78 Å². The van der Waals surface area contributed by atoms with Gasteiger partial charge in [-0.15, -0.1) is 0 Å². The quantitative estimate of drug-likeness (QED) is 0.805. The zero-order valence-corrected chi connectivity index (χ0v) is 13.2. The highest BCUT2D eigenvalue weighted by molar-refractivity contribution is 5.97. The van der Waals surface area contributed by atoms with Crippen LogP contribution in [0.1, 0.15) is 22.8 Å². The van der Waals surface area contributed by atoms with Gasteiger partial charge in [-0.1, -0.05) is 42.5 Å². The van der Waals surface area contributed by atoms with Gasteiger partial charge >= 0.3 is 6.03 Å². The zero-order chi connectivity index (χ0) is 16.7. The van der Waals surface area contributed by atoms with Crippen molar-refractivity contribution in [1.82, 2.24) is 5.32 Å². The van der Waals surface area contributed by atoms with E-state index in [9.17, 15) is 9.59 Å². The van der Waals surface area contributed by atoms with Gasteiger partial charge in [0.05, 0.1) is 13.1 Å². The van der Waals surface area contributed by atoms with Gasteiger partial charge in [-0.2, -0.15) is 0 Å². The lowest BCUT2D eigenvalue weighted by Crippen LogP contribution is -2.39. The number of hydrogen-bond donors (Lipinski definition) is 2. The molecule has 0 radical (unpaired) electrons. The van der Waals surface area contributed by atoms with Crippen LogP contribution in [-0.2, 0) is 6.54 Å². The Morgan fingerprint density at radius 3 is 2.26 bits per heavy atom. The van der Waals surface area contributed by atoms with Crippen LogP contribution in [0.15, 0.2) is 54.6 Å². The summed E-state index contributed by atoms with van der Waals surface area (Å²) in [5.74, 6) is -0.0970. The van der Waals surface area contributed by atoms with E-state index < -0.39 is 0 Å². The molecule has 2 amide bonds. The second kappa shape index (κ2) is 8.10. The monoisotopic (exact) mass is 311 g/mol. The normalized spacial score (nSPS) is 10.2. The Bertz CT molecular complexity index is 654. The first kappa shape index (κ1) is 16.7. The van der Waals surface area contributed by atoms with Crippen LogP contribution < -0.4 is 16.0 Å². The fraction of sp³-hybridized carbons (Fsp3) is 0.222. The third-order valence-corrected chi connectivity index (χ3v) is 3.44. The Labute approximate surface area is 136 Å². The number of carbonyl (C=O) groups excluding carboxylic acids is 2. The number of nitrogens with two attached hydrogens (primary N) is 1. The number of nitrogens with zero attached hydrogens (tertiary/aromatic N) is 1. The largest absolute Gasteiger partial charge is 0.338 e. The molecule has 0 spiro atoms. The first-order valence-corrected chi connectivity index (χ1v) is 7.58. The molecule has 2 aromatic rings. The molecular weight excluding hydrogens is 290 g/mol. The molecule has 2 rings (SSSR count). The number of benzene rings is 2. The first-order chi connectivity index (χ1) is 11.2. The van der Waals surface area contributed by atoms with Crippen LogP contribution in [0.4, 0.5) is 10.5 Å². The maximum absolute atomic E-state index is 12.3. The average molecular weight is 311 g/mol. The second-order valence-electron chi connectivity index (χ2n) is 5.08. The van der Waals surface area contributed by atoms with Gasteiger partial charge in [0.25, 0.3) is 0 Å². The van der Waals surface area contributed by atoms with Gasteiger partial charge in [-0.25, -0.2) is 4.79 Å². The third-order valence-electron chi connectivity index (χ3n) is 3.44. The minimum Gasteiger partial charge on any atom is -0.338 e. The van der Waals surface area contributed by atoms with Crippen molar-refractivity contribution in [3.05, 3.63) is 65.7 Å². The van der Waals surface area contributed by atoms with Crippen LogP contribution >= 0.6 is 0 Å². The molecular formula is C18H21N3O2. The fourth-order valence-electron chi connectivity index (χ4n) is 2.23. The van der Waals surface area contributed by atoms with Crippen LogP contribution in [-0.4, -0.2) is 24.9 Å². The molecule has 0 atom stereocenters. The number of urea groups is 1. The minimum atomic E-state index is -0.152. The topological polar surface area (TPSA) is 75.4 Å². The van der Waals surface area contributed by atoms with Crippen molar-refractivity contribution in [2.45, 2.75) is 13.5 Å². The lowest BCUT2D eigenvalue weighted by Gasteiger charge is -2.23. The van der Waals surface area contributed by atoms with E-state index in [1.807, 2.05) is 49.4 Å². The Balaban J connectivity index is 2.20. The summed E-state index contributed by atoms with van der Waals surface area (Å²) in [7, 11) is 0. The van der Waals surface area contributed by atoms with E-state index in [1.54, 1.807) is 17.0 Å². The molecule has 0 aliphatic carbocycles. The molecule has 0 aliphatic rings. The van der Waals surface area contributed by atoms with Crippen LogP contribution in [0.5, 0.6) is 0 Å². The lowest BCUT2D eigenvalue weighted by atomic mass is 10.1. The highest BCUT2D eigenvalue weighted by Crippen LogP contribution is 2.17. The molecule has 0 saturated heterocycles. The number of nitrogens with one attached hydrogen (secondary N) is 1. The molecule has 5 heteroatoms. The molecule has 3 N–H and O–H groups in total. The zero-order valence-electron chi connectivity index (χ0n) is 13.2. The van der Waals surface area contributed by atoms with E-state index in [0.717, 1.165) is 11.3 Å². The number of carbonyl (C=O) groups is 2. The molecule has 0 unspecified atom stereocenters. The van der Waals surface area contributed by atoms with Gasteiger partial charge in [-0.3, -0.25) is 9.69 Å². The standard InChI is InChI=1S/C18H21N3O2/c1-2-20-18(23)21(16-6-4-3-5-7-16)13-14-8-10-15(11-9-14)17(22)12-19/h3-11H,2,12-13,19H2,1H3,(H,20,23). The molecule has 0 fully saturated rings. The summed E-state index contributed by atoms with van der Waals surface area (Å²) < 4.78 is 0. The molecule has 5 nitrogen and oxygen atoms in total. The van der Waals surface area contributed by atoms with E-state index in [1.165, 1.54) is 0 Å². The molecule has 120 valence electrons. The lowest BCUT2D eigenvalue weighted by molar-refractivity contribution is 0.100. The number of anilines is 1. The van der Waals surface area contributed by atoms with Crippen LogP contribution in [0.25, 0.3) is 0 Å². The number of amides is 2. The number of rotatable bonds is 6. The highest BCUT2D eigenvalue weighted by atomic mass is 16.2. The van der Waals surface area contributed by atoms with Crippen LogP contribution in [0.2, 0.25) is 0 Å². The van der Waals surface area contributed by atoms with Crippen molar-refractivity contribution >= 4 is 17.5 Å². The minimum absolute atomic E-state index is 0.00556. The predicted octanol–water partition coefficient (Wildman–Crippen LogP) is 2.56. The number of hydrogen-bond acceptors (Lipinski definition) is 3. The maximum Gasteiger partial charge on any atom is 0.322 e. The summed E-state index contributed by atoms with van der Waals surface area (Å²) in [6, 6.07) is 16.5. The van der Waals surface area contributed by atoms with E-state index in [0.29, 0.717) is 18.7 Å². The molecule has 0 saturated carbocycles. The van der Waals surface area contributed by atoms with Crippen LogP contribution in [0, 0.1) is 0 Å². The van der Waals surface area contributed by atoms with Crippen molar-refractivity contribution in [1.29, 1.82) is 0 Å². The van der Waals surface area contributed by atoms with Crippen molar-refractivity contribution in [3.63, 3.8) is 0 Å². The average Bonchev–Trinajstić information content (AvgIpc) is 2.60. The van der Waals surface area contributed by atoms with E-state index in [2.05, 4.69) is 5.32 Å². The van der Waals surface area contributed by atoms with Gasteiger partial charge < -0.3 is 11.1 Å². The van der Waals surface area contributed by atoms with E-state index in [-0.39, 0.29) is 18.4 Å². The second-order valence-corrected chi connectivity index (χ2v) is 5.08. The smallest absolute Gasteiger partial charge is 0.322 e. The fourth-order valence-corrected chi connectivity index (χ4v) is 2.23. The van der Waals surface area contributed by atoms with E-state index in [4.69, 9.17) is 5.73 Å². The third kappa shape index (κ3) is 4.40. The number of Topliss-reactive ketones (excluding diaryl/α,β-unsaturated/α-hetero) is 1. The SMILES string of the molecule is CCNC(=O)N(Cc1ccc(C(=O)CN)cc1)c1ccccc1. The number of para-hydroxylation sites is 1. The predicted molar refractivity (Wildman–Crippen MR) is 91.5 cm³/mol. The van der Waals surface area contributed by atoms with Crippen molar-refractivity contribution in [2.75, 3.05) is 18.0 Å². The maximum atomic E-state index is 12.3. The summed E-state index contributed by atoms with van der Waals surface area (Å²) in [5, 5.41) is 2.82. The summed E-state index contributed by atoms with van der Waals surface area (Å²) in [5.41, 5.74) is 7.70. The van der Waals surface area contributed by atoms with Gasteiger partial charge in [0.1, 0.15) is 0 Å². The Morgan fingerprint density at radius 2 is 1.70 bits per heavy atom. The number of ketones is 1. The molecule has 2 aromatic carbocycles. The van der Waals surface area contributed by atoms with Crippen molar-refractivity contribution < 1.29 is 9.59 Å². The summed E-state index contributed by atoms with van der Waals surface area (Å²) in [6.07, 6.45) is 0. The Kier molecular flexibility index (Phi) is 5.88. The van der Waals surface area contributed by atoms with Crippen molar-refractivity contribution in [3.8, 4) is 0 Å². The molecule has 0 aromatic heterocycles. The van der Waals surface area contributed by atoms with Gasteiger partial charge in [0.2, 0.25) is 0 Å². The summed E-state index contributed by atoms with van der Waals surface area (Å²) in [4.78, 5) is 25.5. The Hall–Kier alpha value is -2.66. The van der Waals surface area contributed by atoms with Crippen molar-refractivity contribution in [2.24, 2.45) is 5.73 Å². The molecule has 0 aliphatic heterocycles. The van der Waals surface area contributed by atoms with E-state index >= 15 is 0 Å². The van der Waals surface area contributed by atoms with Gasteiger partial charge in [0, 0.05) is 17.8 Å². The molecule has 0 heterocycles. The first-order valence-electron chi connectivity index (χ1n) is 7.58. The highest BCUT2D eigenvalue weighted by Gasteiger charge is 2.15.